The van der Waals surface area contributed by atoms with Gasteiger partial charge in [0.2, 0.25) is 0 Å². The third-order valence-corrected chi connectivity index (χ3v) is 4.88. The van der Waals surface area contributed by atoms with Gasteiger partial charge in [0.05, 0.1) is 0 Å². The van der Waals surface area contributed by atoms with Gasteiger partial charge in [-0.2, -0.15) is 0 Å². The smallest absolute Gasteiger partial charge is 0.438 e. The van der Waals surface area contributed by atoms with Crippen LogP contribution in [0.2, 0.25) is 0 Å². The SMILES string of the molecule is Cc1ccc(-c2c(Cc3noc(=O)[nH]3)c(C)nc(CC(C)C)c2CNC(=O)O)cc1. The Bertz CT molecular complexity index is 1100. The van der Waals surface area contributed by atoms with Crippen molar-refractivity contribution in [1.82, 2.24) is 20.4 Å². The lowest BCUT2D eigenvalue weighted by atomic mass is 9.88. The summed E-state index contributed by atoms with van der Waals surface area (Å²) in [5, 5.41) is 15.5. The summed E-state index contributed by atoms with van der Waals surface area (Å²) in [6.07, 6.45) is -0.0592. The summed E-state index contributed by atoms with van der Waals surface area (Å²) in [6, 6.07) is 8.07. The van der Waals surface area contributed by atoms with E-state index in [0.29, 0.717) is 18.2 Å². The van der Waals surface area contributed by atoms with Crippen LogP contribution in [0.1, 0.15) is 47.8 Å². The molecule has 0 saturated carbocycles. The van der Waals surface area contributed by atoms with E-state index in [1.54, 1.807) is 0 Å². The second-order valence-corrected chi connectivity index (χ2v) is 7.82. The van der Waals surface area contributed by atoms with Crippen LogP contribution in [0.3, 0.4) is 0 Å². The maximum atomic E-state index is 11.4. The molecule has 1 amide bonds. The average molecular weight is 410 g/mol. The molecular weight excluding hydrogens is 384 g/mol. The highest BCUT2D eigenvalue weighted by Gasteiger charge is 2.21. The molecule has 0 aliphatic heterocycles. The number of aromatic amines is 1. The Morgan fingerprint density at radius 3 is 2.47 bits per heavy atom. The van der Waals surface area contributed by atoms with Crippen LogP contribution in [-0.4, -0.2) is 26.3 Å². The van der Waals surface area contributed by atoms with E-state index in [4.69, 9.17) is 4.98 Å². The third-order valence-electron chi connectivity index (χ3n) is 4.88. The minimum atomic E-state index is -1.09. The zero-order valence-corrected chi connectivity index (χ0v) is 17.6. The maximum Gasteiger partial charge on any atom is 0.438 e. The molecule has 2 heterocycles. The number of amides is 1. The quantitative estimate of drug-likeness (QED) is 0.547. The summed E-state index contributed by atoms with van der Waals surface area (Å²) >= 11 is 0. The minimum absolute atomic E-state index is 0.135. The number of H-pyrrole nitrogens is 1. The first-order valence-electron chi connectivity index (χ1n) is 9.84. The van der Waals surface area contributed by atoms with E-state index in [0.717, 1.165) is 45.6 Å². The monoisotopic (exact) mass is 410 g/mol. The van der Waals surface area contributed by atoms with Crippen molar-refractivity contribution in [3.8, 4) is 11.1 Å². The Morgan fingerprint density at radius 1 is 1.20 bits per heavy atom. The highest BCUT2D eigenvalue weighted by Crippen LogP contribution is 2.33. The van der Waals surface area contributed by atoms with E-state index in [9.17, 15) is 14.7 Å². The minimum Gasteiger partial charge on any atom is -0.465 e. The van der Waals surface area contributed by atoms with E-state index in [-0.39, 0.29) is 6.54 Å². The number of nitrogens with one attached hydrogen (secondary N) is 2. The fourth-order valence-electron chi connectivity index (χ4n) is 3.54. The number of hydrogen-bond acceptors (Lipinski definition) is 5. The van der Waals surface area contributed by atoms with Crippen LogP contribution in [0.25, 0.3) is 11.1 Å². The van der Waals surface area contributed by atoms with Gasteiger partial charge in [-0.25, -0.2) is 9.59 Å². The van der Waals surface area contributed by atoms with E-state index in [1.807, 2.05) is 38.1 Å². The van der Waals surface area contributed by atoms with Crippen LogP contribution in [0, 0.1) is 19.8 Å². The van der Waals surface area contributed by atoms with Gasteiger partial charge < -0.3 is 10.4 Å². The number of rotatable bonds is 7. The first-order valence-corrected chi connectivity index (χ1v) is 9.84. The van der Waals surface area contributed by atoms with Gasteiger partial charge >= 0.3 is 11.8 Å². The zero-order chi connectivity index (χ0) is 21.8. The van der Waals surface area contributed by atoms with E-state index in [2.05, 4.69) is 33.8 Å². The van der Waals surface area contributed by atoms with Gasteiger partial charge in [0, 0.05) is 29.9 Å². The number of nitrogens with zero attached hydrogens (tertiary/aromatic N) is 2. The molecule has 0 aliphatic rings. The number of carbonyl (C=O) groups is 1. The fraction of sp³-hybridized carbons (Fsp3) is 0.364. The van der Waals surface area contributed by atoms with E-state index in [1.165, 1.54) is 0 Å². The van der Waals surface area contributed by atoms with Gasteiger partial charge in [-0.05, 0) is 42.9 Å². The summed E-state index contributed by atoms with van der Waals surface area (Å²) in [5.74, 6) is 0.132. The fourth-order valence-corrected chi connectivity index (χ4v) is 3.54. The summed E-state index contributed by atoms with van der Waals surface area (Å²) in [7, 11) is 0. The van der Waals surface area contributed by atoms with Crippen molar-refractivity contribution >= 4 is 6.09 Å². The Kier molecular flexibility index (Phi) is 6.34. The lowest BCUT2D eigenvalue weighted by molar-refractivity contribution is 0.194. The summed E-state index contributed by atoms with van der Waals surface area (Å²) in [5.41, 5.74) is 6.38. The van der Waals surface area contributed by atoms with Crippen LogP contribution < -0.4 is 11.1 Å². The second-order valence-electron chi connectivity index (χ2n) is 7.82. The molecule has 2 aromatic heterocycles. The van der Waals surface area contributed by atoms with Crippen molar-refractivity contribution in [3.63, 3.8) is 0 Å². The van der Waals surface area contributed by atoms with Crippen LogP contribution in [0.4, 0.5) is 4.79 Å². The molecule has 158 valence electrons. The molecule has 30 heavy (non-hydrogen) atoms. The lowest BCUT2D eigenvalue weighted by Crippen LogP contribution is -2.23. The van der Waals surface area contributed by atoms with Crippen molar-refractivity contribution in [2.24, 2.45) is 5.92 Å². The summed E-state index contributed by atoms with van der Waals surface area (Å²) in [6.45, 7) is 8.27. The average Bonchev–Trinajstić information content (AvgIpc) is 3.08. The molecule has 0 unspecified atom stereocenters. The number of aryl methyl sites for hydroxylation is 2. The first kappa shape index (κ1) is 21.3. The van der Waals surface area contributed by atoms with Crippen molar-refractivity contribution in [2.45, 2.75) is 47.1 Å². The predicted molar refractivity (Wildman–Crippen MR) is 112 cm³/mol. The molecule has 0 atom stereocenters. The van der Waals surface area contributed by atoms with Gasteiger partial charge in [-0.1, -0.05) is 48.8 Å². The standard InChI is InChI=1S/C22H26N4O4/c1-12(2)9-18-17(11-23-21(27)28)20(15-7-5-13(3)6-8-15)16(14(4)24-18)10-19-25-22(29)30-26-19/h5-8,12,23H,9-11H2,1-4H3,(H,27,28)(H,25,26,29). The molecule has 1 aromatic carbocycles. The van der Waals surface area contributed by atoms with Crippen molar-refractivity contribution in [2.75, 3.05) is 0 Å². The molecule has 3 rings (SSSR count). The van der Waals surface area contributed by atoms with Crippen molar-refractivity contribution in [1.29, 1.82) is 0 Å². The molecule has 0 saturated heterocycles. The molecule has 0 aliphatic carbocycles. The number of hydrogen-bond donors (Lipinski definition) is 3. The van der Waals surface area contributed by atoms with E-state index >= 15 is 0 Å². The van der Waals surface area contributed by atoms with Gasteiger partial charge in [0.25, 0.3) is 0 Å². The highest BCUT2D eigenvalue weighted by atomic mass is 16.5. The van der Waals surface area contributed by atoms with Crippen LogP contribution in [-0.2, 0) is 19.4 Å². The molecule has 0 spiro atoms. The molecule has 0 radical (unpaired) electrons. The van der Waals surface area contributed by atoms with Gasteiger partial charge in [0.15, 0.2) is 5.82 Å². The summed E-state index contributed by atoms with van der Waals surface area (Å²) in [4.78, 5) is 30.1. The van der Waals surface area contributed by atoms with Crippen LogP contribution in [0.15, 0.2) is 33.6 Å². The Hall–Kier alpha value is -3.42. The van der Waals surface area contributed by atoms with Gasteiger partial charge in [-0.3, -0.25) is 14.5 Å². The molecule has 8 nitrogen and oxygen atoms in total. The number of aromatic nitrogens is 3. The van der Waals surface area contributed by atoms with Gasteiger partial charge in [0.1, 0.15) is 0 Å². The molecule has 8 heteroatoms. The predicted octanol–water partition coefficient (Wildman–Crippen LogP) is 3.60. The Balaban J connectivity index is 2.25. The number of carboxylic acid groups (broad SMARTS) is 1. The number of pyridine rings is 1. The van der Waals surface area contributed by atoms with Crippen molar-refractivity contribution in [3.05, 3.63) is 68.7 Å². The van der Waals surface area contributed by atoms with E-state index < -0.39 is 11.8 Å². The third kappa shape index (κ3) is 4.94. The topological polar surface area (TPSA) is 121 Å². The molecule has 3 aromatic rings. The largest absolute Gasteiger partial charge is 0.465 e. The summed E-state index contributed by atoms with van der Waals surface area (Å²) < 4.78 is 4.65. The highest BCUT2D eigenvalue weighted by molar-refractivity contribution is 5.74. The number of benzene rings is 1. The van der Waals surface area contributed by atoms with Crippen molar-refractivity contribution < 1.29 is 14.4 Å². The van der Waals surface area contributed by atoms with Crippen LogP contribution >= 0.6 is 0 Å². The molecule has 3 N–H and O–H groups in total. The molecule has 0 fully saturated rings. The molecule has 0 bridgehead atoms. The van der Waals surface area contributed by atoms with Crippen LogP contribution in [0.5, 0.6) is 0 Å². The second kappa shape index (κ2) is 8.94. The maximum absolute atomic E-state index is 11.4. The lowest BCUT2D eigenvalue weighted by Gasteiger charge is -2.21. The normalized spacial score (nSPS) is 11.1. The Labute approximate surface area is 174 Å². The Morgan fingerprint density at radius 2 is 1.90 bits per heavy atom. The first-order chi connectivity index (χ1) is 14.2. The van der Waals surface area contributed by atoms with Gasteiger partial charge in [-0.15, -0.1) is 0 Å². The zero-order valence-electron chi connectivity index (χ0n) is 17.6. The molecular formula is C22H26N4O4.